The summed E-state index contributed by atoms with van der Waals surface area (Å²) in [5.41, 5.74) is 3.43. The Bertz CT molecular complexity index is 741. The van der Waals surface area contributed by atoms with E-state index in [4.69, 9.17) is 14.8 Å². The summed E-state index contributed by atoms with van der Waals surface area (Å²) in [6, 6.07) is 13.7. The van der Waals surface area contributed by atoms with Crippen LogP contribution < -0.4 is 9.64 Å². The van der Waals surface area contributed by atoms with E-state index in [2.05, 4.69) is 17.0 Å². The Morgan fingerprint density at radius 2 is 1.96 bits per heavy atom. The highest BCUT2D eigenvalue weighted by Crippen LogP contribution is 2.41. The van der Waals surface area contributed by atoms with E-state index in [-0.39, 0.29) is 17.6 Å². The molecule has 4 nitrogen and oxygen atoms in total. The van der Waals surface area contributed by atoms with Crippen LogP contribution in [0.25, 0.3) is 0 Å². The molecule has 0 saturated carbocycles. The quantitative estimate of drug-likeness (QED) is 0.555. The summed E-state index contributed by atoms with van der Waals surface area (Å²) in [5, 5.41) is 17.9. The lowest BCUT2D eigenvalue weighted by Gasteiger charge is -2.28. The highest BCUT2D eigenvalue weighted by atomic mass is 19.1. The van der Waals surface area contributed by atoms with Gasteiger partial charge in [-0.2, -0.15) is 0 Å². The Morgan fingerprint density at radius 1 is 1.15 bits per heavy atom. The maximum absolute atomic E-state index is 14.2. The first kappa shape index (κ1) is 18.7. The molecule has 1 unspecified atom stereocenters. The van der Waals surface area contributed by atoms with Crippen LogP contribution in [0.15, 0.2) is 42.5 Å². The third-order valence-electron chi connectivity index (χ3n) is 5.04. The Kier molecular flexibility index (Phi) is 6.17. The largest absolute Gasteiger partial charge is 0.494 e. The summed E-state index contributed by atoms with van der Waals surface area (Å²) < 4.78 is 19.2. The molecule has 2 aromatic carbocycles. The van der Waals surface area contributed by atoms with Gasteiger partial charge in [-0.05, 0) is 36.0 Å². The maximum atomic E-state index is 14.2. The van der Waals surface area contributed by atoms with Gasteiger partial charge in [-0.3, -0.25) is 0 Å². The molecule has 138 valence electrons. The molecule has 2 N–H and O–H groups in total. The number of halogens is 1. The van der Waals surface area contributed by atoms with Crippen LogP contribution in [0.2, 0.25) is 6.32 Å². The smallest absolute Gasteiger partial charge is 0.451 e. The fraction of sp³-hybridized carbons (Fsp3) is 0.400. The number of anilines is 1. The second-order valence-electron chi connectivity index (χ2n) is 6.78. The van der Waals surface area contributed by atoms with E-state index in [0.717, 1.165) is 37.9 Å². The minimum Gasteiger partial charge on any atom is -0.494 e. The summed E-state index contributed by atoms with van der Waals surface area (Å²) in [5.74, 6) is -0.0961. The monoisotopic (exact) mass is 357 g/mol. The molecule has 1 aliphatic heterocycles. The molecule has 0 saturated heterocycles. The molecule has 26 heavy (non-hydrogen) atoms. The number of hydrogen-bond acceptors (Lipinski definition) is 4. The van der Waals surface area contributed by atoms with Crippen molar-refractivity contribution >= 4 is 12.8 Å². The van der Waals surface area contributed by atoms with Gasteiger partial charge in [-0.25, -0.2) is 4.39 Å². The molecule has 0 bridgehead atoms. The molecule has 0 fully saturated rings. The summed E-state index contributed by atoms with van der Waals surface area (Å²) in [4.78, 5) is 2.24. The molecule has 6 heteroatoms. The van der Waals surface area contributed by atoms with E-state index >= 15 is 0 Å². The average molecular weight is 357 g/mol. The third-order valence-corrected chi connectivity index (χ3v) is 5.04. The molecule has 3 rings (SSSR count). The number of ether oxygens (including phenoxy) is 1. The van der Waals surface area contributed by atoms with Gasteiger partial charge in [-0.1, -0.05) is 43.5 Å². The summed E-state index contributed by atoms with van der Waals surface area (Å²) in [7, 11) is 0.247. The molecule has 0 aliphatic carbocycles. The van der Waals surface area contributed by atoms with Crippen LogP contribution in [-0.2, 0) is 6.54 Å². The lowest BCUT2D eigenvalue weighted by Crippen LogP contribution is -2.21. The first-order valence-corrected chi connectivity index (χ1v) is 9.14. The molecule has 1 atom stereocenters. The van der Waals surface area contributed by atoms with E-state index in [1.54, 1.807) is 12.1 Å². The van der Waals surface area contributed by atoms with E-state index in [1.807, 2.05) is 18.2 Å². The van der Waals surface area contributed by atoms with Crippen LogP contribution in [0.1, 0.15) is 42.9 Å². The van der Waals surface area contributed by atoms with Gasteiger partial charge in [0.05, 0.1) is 13.2 Å². The van der Waals surface area contributed by atoms with Crippen molar-refractivity contribution < 1.29 is 19.2 Å². The van der Waals surface area contributed by atoms with Crippen molar-refractivity contribution in [2.75, 3.05) is 12.0 Å². The fourth-order valence-electron chi connectivity index (χ4n) is 3.72. The highest BCUT2D eigenvalue weighted by Gasteiger charge is 2.30. The molecule has 2 aromatic rings. The first-order chi connectivity index (χ1) is 12.6. The molecular formula is C20H25BFNO3. The molecule has 0 amide bonds. The molecular weight excluding hydrogens is 332 g/mol. The van der Waals surface area contributed by atoms with E-state index in [9.17, 15) is 4.39 Å². The lowest BCUT2D eigenvalue weighted by atomic mass is 9.83. The van der Waals surface area contributed by atoms with Gasteiger partial charge in [0.25, 0.3) is 0 Å². The van der Waals surface area contributed by atoms with E-state index in [1.165, 1.54) is 18.2 Å². The molecule has 0 radical (unpaired) electrons. The number of rotatable bonds is 8. The second kappa shape index (κ2) is 8.56. The van der Waals surface area contributed by atoms with Crippen LogP contribution in [0.5, 0.6) is 5.75 Å². The number of nitrogens with zero attached hydrogens (tertiary/aromatic N) is 1. The Labute approximate surface area is 154 Å². The van der Waals surface area contributed by atoms with E-state index in [0.29, 0.717) is 6.32 Å². The lowest BCUT2D eigenvalue weighted by molar-refractivity contribution is 0.386. The van der Waals surface area contributed by atoms with Gasteiger partial charge < -0.3 is 19.7 Å². The van der Waals surface area contributed by atoms with Gasteiger partial charge >= 0.3 is 7.12 Å². The van der Waals surface area contributed by atoms with Gasteiger partial charge in [0.2, 0.25) is 0 Å². The average Bonchev–Trinajstić information content (AvgIpc) is 3.00. The normalized spacial score (nSPS) is 15.8. The Hall–Kier alpha value is -2.05. The molecule has 1 aliphatic rings. The SMILES string of the molecule is COc1ccc(N2Cc3ccccc3C2CCCCCB(O)O)cc1F. The van der Waals surface area contributed by atoms with Crippen molar-refractivity contribution in [3.8, 4) is 5.75 Å². The molecule has 0 aromatic heterocycles. The van der Waals surface area contributed by atoms with Crippen molar-refractivity contribution in [1.29, 1.82) is 0 Å². The van der Waals surface area contributed by atoms with Crippen LogP contribution in [0.4, 0.5) is 10.1 Å². The number of methoxy groups -OCH3 is 1. The van der Waals surface area contributed by atoms with Crippen molar-refractivity contribution in [3.63, 3.8) is 0 Å². The zero-order chi connectivity index (χ0) is 18.5. The zero-order valence-electron chi connectivity index (χ0n) is 15.1. The Morgan fingerprint density at radius 3 is 2.69 bits per heavy atom. The van der Waals surface area contributed by atoms with Gasteiger partial charge in [0, 0.05) is 18.3 Å². The zero-order valence-corrected chi connectivity index (χ0v) is 15.1. The topological polar surface area (TPSA) is 52.9 Å². The maximum Gasteiger partial charge on any atom is 0.451 e. The summed E-state index contributed by atoms with van der Waals surface area (Å²) >= 11 is 0. The second-order valence-corrected chi connectivity index (χ2v) is 6.78. The van der Waals surface area contributed by atoms with Gasteiger partial charge in [0.15, 0.2) is 11.6 Å². The minimum atomic E-state index is -1.22. The summed E-state index contributed by atoms with van der Waals surface area (Å²) in [6.45, 7) is 0.766. The molecule has 1 heterocycles. The standard InChI is InChI=1S/C20H25BFNO3/c1-26-20-11-10-16(13-18(20)22)23-14-15-7-4-5-8-17(15)19(23)9-3-2-6-12-21(24)25/h4-5,7-8,10-11,13,19,24-25H,2-3,6,9,12,14H2,1H3. The van der Waals surface area contributed by atoms with Crippen LogP contribution >= 0.6 is 0 Å². The van der Waals surface area contributed by atoms with Crippen LogP contribution in [0, 0.1) is 5.82 Å². The van der Waals surface area contributed by atoms with Crippen molar-refractivity contribution in [3.05, 3.63) is 59.4 Å². The predicted molar refractivity (Wildman–Crippen MR) is 102 cm³/mol. The number of unbranched alkanes of at least 4 members (excludes halogenated alkanes) is 2. The van der Waals surface area contributed by atoms with Gasteiger partial charge in [-0.15, -0.1) is 0 Å². The first-order valence-electron chi connectivity index (χ1n) is 9.14. The fourth-order valence-corrected chi connectivity index (χ4v) is 3.72. The Balaban J connectivity index is 1.74. The number of fused-ring (bicyclic) bond motifs is 1. The number of hydrogen-bond donors (Lipinski definition) is 2. The van der Waals surface area contributed by atoms with Crippen molar-refractivity contribution in [2.45, 2.75) is 44.6 Å². The van der Waals surface area contributed by atoms with Crippen LogP contribution in [-0.4, -0.2) is 24.3 Å². The van der Waals surface area contributed by atoms with Gasteiger partial charge in [0.1, 0.15) is 0 Å². The molecule has 0 spiro atoms. The minimum absolute atomic E-state index is 0.207. The van der Waals surface area contributed by atoms with E-state index < -0.39 is 7.12 Å². The number of benzene rings is 2. The highest BCUT2D eigenvalue weighted by molar-refractivity contribution is 6.40. The van der Waals surface area contributed by atoms with Crippen molar-refractivity contribution in [1.82, 2.24) is 0 Å². The summed E-state index contributed by atoms with van der Waals surface area (Å²) in [6.07, 6.45) is 4.09. The third kappa shape index (κ3) is 4.19. The van der Waals surface area contributed by atoms with Crippen molar-refractivity contribution in [2.24, 2.45) is 0 Å². The van der Waals surface area contributed by atoms with Crippen LogP contribution in [0.3, 0.4) is 0 Å². The predicted octanol–water partition coefficient (Wildman–Crippen LogP) is 3.93.